The summed E-state index contributed by atoms with van der Waals surface area (Å²) in [4.78, 5) is 23.2. The number of aryl methyl sites for hydroxylation is 1. The number of carbonyl (C=O) groups excluding carboxylic acids is 1. The second-order valence-corrected chi connectivity index (χ2v) is 6.13. The van der Waals surface area contributed by atoms with Gasteiger partial charge in [0.2, 0.25) is 11.9 Å². The third-order valence-corrected chi connectivity index (χ3v) is 4.24. The van der Waals surface area contributed by atoms with Gasteiger partial charge in [-0.15, -0.1) is 0 Å². The third-order valence-electron chi connectivity index (χ3n) is 4.24. The lowest BCUT2D eigenvalue weighted by molar-refractivity contribution is -0.125. The number of aromatic nitrogens is 2. The first-order chi connectivity index (χ1) is 11.6. The smallest absolute Gasteiger partial charge is 0.225 e. The van der Waals surface area contributed by atoms with E-state index in [1.807, 2.05) is 13.0 Å². The van der Waals surface area contributed by atoms with Crippen molar-refractivity contribution in [3.8, 4) is 0 Å². The lowest BCUT2D eigenvalue weighted by atomic mass is 9.97. The van der Waals surface area contributed by atoms with E-state index in [9.17, 15) is 9.18 Å². The van der Waals surface area contributed by atoms with Crippen molar-refractivity contribution >= 4 is 11.9 Å². The number of hydrogen-bond acceptors (Lipinski definition) is 4. The van der Waals surface area contributed by atoms with E-state index in [0.717, 1.165) is 30.6 Å². The van der Waals surface area contributed by atoms with Gasteiger partial charge in [-0.05, 0) is 43.5 Å². The molecule has 1 saturated heterocycles. The van der Waals surface area contributed by atoms with E-state index in [1.165, 1.54) is 12.1 Å². The van der Waals surface area contributed by atoms with Crippen LogP contribution in [0.3, 0.4) is 0 Å². The number of benzene rings is 1. The van der Waals surface area contributed by atoms with Crippen molar-refractivity contribution in [1.82, 2.24) is 15.3 Å². The minimum atomic E-state index is -0.272. The van der Waals surface area contributed by atoms with E-state index in [2.05, 4.69) is 20.2 Å². The number of nitrogens with zero attached hydrogens (tertiary/aromatic N) is 3. The van der Waals surface area contributed by atoms with Crippen molar-refractivity contribution < 1.29 is 9.18 Å². The van der Waals surface area contributed by atoms with Crippen LogP contribution >= 0.6 is 0 Å². The summed E-state index contributed by atoms with van der Waals surface area (Å²) in [6.45, 7) is 3.84. The highest BCUT2D eigenvalue weighted by atomic mass is 19.1. The first-order valence-corrected chi connectivity index (χ1v) is 8.18. The van der Waals surface area contributed by atoms with Crippen molar-refractivity contribution in [2.45, 2.75) is 26.3 Å². The van der Waals surface area contributed by atoms with Crippen LogP contribution in [0.15, 0.2) is 36.5 Å². The predicted octanol–water partition coefficient (Wildman–Crippen LogP) is 2.46. The lowest BCUT2D eigenvalue weighted by Gasteiger charge is -2.32. The molecule has 0 unspecified atom stereocenters. The Labute approximate surface area is 140 Å². The molecule has 1 aliphatic heterocycles. The van der Waals surface area contributed by atoms with E-state index in [4.69, 9.17) is 0 Å². The maximum atomic E-state index is 12.9. The lowest BCUT2D eigenvalue weighted by Crippen LogP contribution is -2.43. The Morgan fingerprint density at radius 2 is 2.12 bits per heavy atom. The van der Waals surface area contributed by atoms with E-state index >= 15 is 0 Å². The summed E-state index contributed by atoms with van der Waals surface area (Å²) in [7, 11) is 0. The molecule has 1 fully saturated rings. The Morgan fingerprint density at radius 1 is 1.33 bits per heavy atom. The molecule has 0 bridgehead atoms. The van der Waals surface area contributed by atoms with Crippen LogP contribution in [0.1, 0.15) is 24.1 Å². The van der Waals surface area contributed by atoms with Gasteiger partial charge in [0.1, 0.15) is 5.82 Å². The van der Waals surface area contributed by atoms with Crippen LogP contribution in [0, 0.1) is 18.7 Å². The van der Waals surface area contributed by atoms with E-state index in [1.54, 1.807) is 18.3 Å². The Kier molecular flexibility index (Phi) is 5.03. The van der Waals surface area contributed by atoms with Crippen LogP contribution in [0.5, 0.6) is 0 Å². The molecule has 0 saturated carbocycles. The van der Waals surface area contributed by atoms with E-state index in [0.29, 0.717) is 19.0 Å². The van der Waals surface area contributed by atoms with Gasteiger partial charge in [0.05, 0.1) is 5.92 Å². The van der Waals surface area contributed by atoms with Crippen molar-refractivity contribution in [3.63, 3.8) is 0 Å². The number of rotatable bonds is 4. The number of amides is 1. The molecule has 0 spiro atoms. The molecule has 6 heteroatoms. The van der Waals surface area contributed by atoms with Crippen LogP contribution in [-0.2, 0) is 11.3 Å². The van der Waals surface area contributed by atoms with Crippen LogP contribution in [0.2, 0.25) is 0 Å². The fourth-order valence-electron chi connectivity index (χ4n) is 2.90. The molecule has 126 valence electrons. The molecule has 1 aromatic carbocycles. The molecule has 2 heterocycles. The predicted molar refractivity (Wildman–Crippen MR) is 90.0 cm³/mol. The van der Waals surface area contributed by atoms with Crippen LogP contribution in [0.25, 0.3) is 0 Å². The number of anilines is 1. The van der Waals surface area contributed by atoms with Gasteiger partial charge in [-0.1, -0.05) is 12.1 Å². The maximum Gasteiger partial charge on any atom is 0.225 e. The van der Waals surface area contributed by atoms with Crippen LogP contribution in [-0.4, -0.2) is 29.0 Å². The van der Waals surface area contributed by atoms with Crippen LogP contribution in [0.4, 0.5) is 10.3 Å². The minimum absolute atomic E-state index is 0.0247. The fraction of sp³-hybridized carbons (Fsp3) is 0.389. The largest absolute Gasteiger partial charge is 0.352 e. The molecule has 3 rings (SSSR count). The average molecular weight is 328 g/mol. The fourth-order valence-corrected chi connectivity index (χ4v) is 2.90. The molecule has 5 nitrogen and oxygen atoms in total. The molecule has 0 aliphatic carbocycles. The van der Waals surface area contributed by atoms with Crippen molar-refractivity contribution in [3.05, 3.63) is 53.6 Å². The molecule has 1 atom stereocenters. The molecular weight excluding hydrogens is 307 g/mol. The number of halogens is 1. The summed E-state index contributed by atoms with van der Waals surface area (Å²) in [5.74, 6) is 0.358. The van der Waals surface area contributed by atoms with Gasteiger partial charge < -0.3 is 10.2 Å². The first kappa shape index (κ1) is 16.4. The quantitative estimate of drug-likeness (QED) is 0.937. The van der Waals surface area contributed by atoms with Crippen molar-refractivity contribution in [1.29, 1.82) is 0 Å². The second-order valence-electron chi connectivity index (χ2n) is 6.13. The molecule has 1 aliphatic rings. The van der Waals surface area contributed by atoms with Gasteiger partial charge in [0.25, 0.3) is 0 Å². The van der Waals surface area contributed by atoms with Gasteiger partial charge >= 0.3 is 0 Å². The Bertz CT molecular complexity index is 704. The SMILES string of the molecule is Cc1ccnc(N2CCC[C@@H](C(=O)NCc3ccc(F)cc3)C2)n1. The van der Waals surface area contributed by atoms with E-state index < -0.39 is 0 Å². The van der Waals surface area contributed by atoms with Gasteiger partial charge in [0, 0.05) is 31.5 Å². The topological polar surface area (TPSA) is 58.1 Å². The monoisotopic (exact) mass is 328 g/mol. The zero-order chi connectivity index (χ0) is 16.9. The zero-order valence-corrected chi connectivity index (χ0v) is 13.7. The first-order valence-electron chi connectivity index (χ1n) is 8.18. The highest BCUT2D eigenvalue weighted by Gasteiger charge is 2.26. The Morgan fingerprint density at radius 3 is 2.88 bits per heavy atom. The standard InChI is InChI=1S/C18H21FN4O/c1-13-8-9-20-18(22-13)23-10-2-3-15(12-23)17(24)21-11-14-4-6-16(19)7-5-14/h4-9,15H,2-3,10-12H2,1H3,(H,21,24)/t15-/m1/s1. The molecule has 24 heavy (non-hydrogen) atoms. The van der Waals surface area contributed by atoms with Crippen molar-refractivity contribution in [2.24, 2.45) is 5.92 Å². The molecule has 2 aromatic rings. The number of carbonyl (C=O) groups is 1. The number of hydrogen-bond donors (Lipinski definition) is 1. The average Bonchev–Trinajstić information content (AvgIpc) is 2.61. The van der Waals surface area contributed by atoms with Crippen LogP contribution < -0.4 is 10.2 Å². The Hall–Kier alpha value is -2.50. The summed E-state index contributed by atoms with van der Waals surface area (Å²) < 4.78 is 12.9. The summed E-state index contributed by atoms with van der Waals surface area (Å²) in [5.41, 5.74) is 1.81. The molecule has 1 aromatic heterocycles. The molecule has 0 radical (unpaired) electrons. The normalized spacial score (nSPS) is 17.6. The molecule has 1 N–H and O–H groups in total. The second kappa shape index (κ2) is 7.38. The van der Waals surface area contributed by atoms with Gasteiger partial charge in [-0.3, -0.25) is 4.79 Å². The highest BCUT2D eigenvalue weighted by Crippen LogP contribution is 2.20. The minimum Gasteiger partial charge on any atom is -0.352 e. The Balaban J connectivity index is 1.57. The molecular formula is C18H21FN4O. The summed E-state index contributed by atoms with van der Waals surface area (Å²) in [6.07, 6.45) is 3.54. The highest BCUT2D eigenvalue weighted by molar-refractivity contribution is 5.79. The zero-order valence-electron chi connectivity index (χ0n) is 13.7. The summed E-state index contributed by atoms with van der Waals surface area (Å²) in [5, 5.41) is 2.94. The molecule has 1 amide bonds. The van der Waals surface area contributed by atoms with Gasteiger partial charge in [-0.2, -0.15) is 0 Å². The third kappa shape index (κ3) is 4.07. The van der Waals surface area contributed by atoms with Crippen molar-refractivity contribution in [2.75, 3.05) is 18.0 Å². The number of nitrogens with one attached hydrogen (secondary N) is 1. The number of piperidine rings is 1. The summed E-state index contributed by atoms with van der Waals surface area (Å²) in [6, 6.07) is 8.03. The maximum absolute atomic E-state index is 12.9. The van der Waals surface area contributed by atoms with E-state index in [-0.39, 0.29) is 17.6 Å². The van der Waals surface area contributed by atoms with Gasteiger partial charge in [-0.25, -0.2) is 14.4 Å². The van der Waals surface area contributed by atoms with Gasteiger partial charge in [0.15, 0.2) is 0 Å². The summed E-state index contributed by atoms with van der Waals surface area (Å²) >= 11 is 0.